The topological polar surface area (TPSA) is 12.0 Å². The molecule has 0 aromatic rings. The summed E-state index contributed by atoms with van der Waals surface area (Å²) in [6.07, 6.45) is 1.57. The summed E-state index contributed by atoms with van der Waals surface area (Å²) in [6, 6.07) is 0.254. The van der Waals surface area contributed by atoms with Crippen LogP contribution in [0.1, 0.15) is 58.8 Å². The molecule has 0 amide bonds. The van der Waals surface area contributed by atoms with Gasteiger partial charge in [0.15, 0.2) is 0 Å². The van der Waals surface area contributed by atoms with Crippen LogP contribution < -0.4 is 5.32 Å². The van der Waals surface area contributed by atoms with Gasteiger partial charge in [0.1, 0.15) is 0 Å². The Kier molecular flexibility index (Phi) is 6.64. The summed E-state index contributed by atoms with van der Waals surface area (Å²) in [5.74, 6) is -0.212. The van der Waals surface area contributed by atoms with Crippen molar-refractivity contribution in [3.63, 3.8) is 0 Å². The van der Waals surface area contributed by atoms with Crippen LogP contribution in [0.2, 0.25) is 0 Å². The minimum Gasteiger partial charge on any atom is -0.317 e. The van der Waals surface area contributed by atoms with Crippen LogP contribution in [-0.2, 0) is 0 Å². The van der Waals surface area contributed by atoms with Crippen LogP contribution in [0, 0.1) is 17.8 Å². The van der Waals surface area contributed by atoms with Crippen LogP contribution in [0.15, 0.2) is 0 Å². The highest BCUT2D eigenvalue weighted by Gasteiger charge is 2.43. The van der Waals surface area contributed by atoms with Crippen molar-refractivity contribution in [1.29, 1.82) is 0 Å². The molecule has 1 nitrogen and oxygen atoms in total. The smallest absolute Gasteiger partial charge is 0.317 e. The number of alkyl halides is 3. The van der Waals surface area contributed by atoms with E-state index in [0.29, 0.717) is 18.8 Å². The Morgan fingerprint density at radius 3 is 2.37 bits per heavy atom. The van der Waals surface area contributed by atoms with Crippen LogP contribution in [0.3, 0.4) is 0 Å². The van der Waals surface area contributed by atoms with E-state index in [-0.39, 0.29) is 12.0 Å². The molecule has 0 saturated heterocycles. The molecule has 0 aromatic heterocycles. The fourth-order valence-corrected chi connectivity index (χ4v) is 3.25. The van der Waals surface area contributed by atoms with Gasteiger partial charge < -0.3 is 5.32 Å². The van der Waals surface area contributed by atoms with Crippen molar-refractivity contribution in [2.45, 2.75) is 71.0 Å². The van der Waals surface area contributed by atoms with Crippen molar-refractivity contribution in [2.75, 3.05) is 7.05 Å². The third-order valence-corrected chi connectivity index (χ3v) is 4.41. The fraction of sp³-hybridized carbons (Fsp3) is 1.00. The summed E-state index contributed by atoms with van der Waals surface area (Å²) in [4.78, 5) is 0. The van der Waals surface area contributed by atoms with Crippen LogP contribution in [-0.4, -0.2) is 19.3 Å². The van der Waals surface area contributed by atoms with Crippen molar-refractivity contribution < 1.29 is 13.2 Å². The standard InChI is InChI=1S/C15H28F3N/c1-11(2)6-4-9-14(19-3)12-7-5-8-13(10-12)15(16,17)18/h11-14,19H,4-10H2,1-3H3. The van der Waals surface area contributed by atoms with E-state index in [9.17, 15) is 13.2 Å². The Morgan fingerprint density at radius 1 is 1.16 bits per heavy atom. The lowest BCUT2D eigenvalue weighted by molar-refractivity contribution is -0.186. The Labute approximate surface area is 115 Å². The van der Waals surface area contributed by atoms with Gasteiger partial charge in [-0.15, -0.1) is 0 Å². The van der Waals surface area contributed by atoms with Crippen molar-refractivity contribution in [3.05, 3.63) is 0 Å². The molecule has 0 spiro atoms. The molecule has 3 atom stereocenters. The van der Waals surface area contributed by atoms with E-state index in [4.69, 9.17) is 0 Å². The summed E-state index contributed by atoms with van der Waals surface area (Å²) in [7, 11) is 1.89. The summed E-state index contributed by atoms with van der Waals surface area (Å²) in [5, 5.41) is 3.25. The van der Waals surface area contributed by atoms with Crippen LogP contribution in [0.4, 0.5) is 13.2 Å². The number of nitrogens with one attached hydrogen (secondary N) is 1. The van der Waals surface area contributed by atoms with Gasteiger partial charge in [0.2, 0.25) is 0 Å². The average molecular weight is 279 g/mol. The zero-order chi connectivity index (χ0) is 14.5. The maximum absolute atomic E-state index is 12.8. The molecule has 4 heteroatoms. The molecule has 1 saturated carbocycles. The molecule has 1 fully saturated rings. The molecule has 3 unspecified atom stereocenters. The first-order valence-electron chi connectivity index (χ1n) is 7.58. The number of hydrogen-bond donors (Lipinski definition) is 1. The van der Waals surface area contributed by atoms with E-state index < -0.39 is 12.1 Å². The van der Waals surface area contributed by atoms with E-state index >= 15 is 0 Å². The SMILES string of the molecule is CNC(CCCC(C)C)C1CCCC(C(F)(F)F)C1. The minimum atomic E-state index is -4.01. The Bertz CT molecular complexity index is 250. The van der Waals surface area contributed by atoms with E-state index in [1.807, 2.05) is 7.05 Å². The van der Waals surface area contributed by atoms with Gasteiger partial charge in [0, 0.05) is 6.04 Å². The predicted molar refractivity (Wildman–Crippen MR) is 73.0 cm³/mol. The highest BCUT2D eigenvalue weighted by atomic mass is 19.4. The highest BCUT2D eigenvalue weighted by molar-refractivity contribution is 4.84. The Balaban J connectivity index is 2.46. The van der Waals surface area contributed by atoms with Crippen molar-refractivity contribution >= 4 is 0 Å². The lowest BCUT2D eigenvalue weighted by atomic mass is 9.76. The molecule has 0 bridgehead atoms. The van der Waals surface area contributed by atoms with Gasteiger partial charge in [0.25, 0.3) is 0 Å². The van der Waals surface area contributed by atoms with Crippen molar-refractivity contribution in [1.82, 2.24) is 5.32 Å². The molecule has 0 aliphatic heterocycles. The number of rotatable bonds is 6. The van der Waals surface area contributed by atoms with Gasteiger partial charge in [-0.3, -0.25) is 0 Å². The second-order valence-corrected chi connectivity index (χ2v) is 6.39. The first-order chi connectivity index (χ1) is 8.84. The zero-order valence-corrected chi connectivity index (χ0v) is 12.4. The lowest BCUT2D eigenvalue weighted by Crippen LogP contribution is -2.39. The van der Waals surface area contributed by atoms with Gasteiger partial charge in [0.05, 0.1) is 5.92 Å². The monoisotopic (exact) mass is 279 g/mol. The first kappa shape index (κ1) is 16.8. The molecule has 0 heterocycles. The van der Waals surface area contributed by atoms with E-state index in [1.54, 1.807) is 0 Å². The fourth-order valence-electron chi connectivity index (χ4n) is 3.25. The minimum absolute atomic E-state index is 0.192. The predicted octanol–water partition coefficient (Wildman–Crippen LogP) is 4.77. The summed E-state index contributed by atoms with van der Waals surface area (Å²) in [6.45, 7) is 4.38. The van der Waals surface area contributed by atoms with Gasteiger partial charge in [-0.2, -0.15) is 13.2 Å². The van der Waals surface area contributed by atoms with Gasteiger partial charge in [-0.05, 0) is 44.6 Å². The molecule has 19 heavy (non-hydrogen) atoms. The molecule has 114 valence electrons. The number of halogens is 3. The normalized spacial score (nSPS) is 26.7. The molecule has 1 rings (SSSR count). The Morgan fingerprint density at radius 2 is 1.84 bits per heavy atom. The maximum Gasteiger partial charge on any atom is 0.391 e. The van der Waals surface area contributed by atoms with Crippen LogP contribution >= 0.6 is 0 Å². The molecule has 0 radical (unpaired) electrons. The third-order valence-electron chi connectivity index (χ3n) is 4.41. The largest absolute Gasteiger partial charge is 0.391 e. The number of hydrogen-bond acceptors (Lipinski definition) is 1. The van der Waals surface area contributed by atoms with Crippen molar-refractivity contribution in [2.24, 2.45) is 17.8 Å². The quantitative estimate of drug-likeness (QED) is 0.738. The summed E-state index contributed by atoms with van der Waals surface area (Å²) in [5.41, 5.74) is 0. The molecule has 1 N–H and O–H groups in total. The molecule has 1 aliphatic rings. The van der Waals surface area contributed by atoms with Gasteiger partial charge in [-0.25, -0.2) is 0 Å². The maximum atomic E-state index is 12.8. The van der Waals surface area contributed by atoms with E-state index in [1.165, 1.54) is 0 Å². The van der Waals surface area contributed by atoms with Gasteiger partial charge in [-0.1, -0.05) is 33.1 Å². The highest BCUT2D eigenvalue weighted by Crippen LogP contribution is 2.41. The van der Waals surface area contributed by atoms with E-state index in [0.717, 1.165) is 32.1 Å². The summed E-state index contributed by atoms with van der Waals surface area (Å²) < 4.78 is 38.5. The second kappa shape index (κ2) is 7.51. The Hall–Kier alpha value is -0.250. The second-order valence-electron chi connectivity index (χ2n) is 6.39. The van der Waals surface area contributed by atoms with Crippen LogP contribution in [0.5, 0.6) is 0 Å². The van der Waals surface area contributed by atoms with Crippen molar-refractivity contribution in [3.8, 4) is 0 Å². The van der Waals surface area contributed by atoms with E-state index in [2.05, 4.69) is 19.2 Å². The molecule has 0 aromatic carbocycles. The molecular weight excluding hydrogens is 251 g/mol. The lowest BCUT2D eigenvalue weighted by Gasteiger charge is -2.35. The average Bonchev–Trinajstić information content (AvgIpc) is 2.33. The third kappa shape index (κ3) is 5.72. The molecular formula is C15H28F3N. The zero-order valence-electron chi connectivity index (χ0n) is 12.4. The van der Waals surface area contributed by atoms with Crippen LogP contribution in [0.25, 0.3) is 0 Å². The van der Waals surface area contributed by atoms with Gasteiger partial charge >= 0.3 is 6.18 Å². The first-order valence-corrected chi connectivity index (χ1v) is 7.58. The summed E-state index contributed by atoms with van der Waals surface area (Å²) >= 11 is 0. The molecule has 1 aliphatic carbocycles.